The van der Waals surface area contributed by atoms with E-state index in [9.17, 15) is 26.4 Å². The molecule has 4 nitrogen and oxygen atoms in total. The van der Waals surface area contributed by atoms with Gasteiger partial charge in [0.2, 0.25) is 0 Å². The number of halogens is 4. The van der Waals surface area contributed by atoms with Gasteiger partial charge in [-0.15, -0.1) is 0 Å². The van der Waals surface area contributed by atoms with E-state index in [1.807, 2.05) is 13.8 Å². The Bertz CT molecular complexity index is 853. The first-order chi connectivity index (χ1) is 11.3. The second kappa shape index (κ2) is 5.36. The van der Waals surface area contributed by atoms with Gasteiger partial charge in [0.05, 0.1) is 5.02 Å². The number of fused-ring (bicyclic) bond motifs is 2. The molecule has 0 atom stereocenters. The van der Waals surface area contributed by atoms with Gasteiger partial charge >= 0.3 is 15.6 Å². The van der Waals surface area contributed by atoms with Crippen molar-refractivity contribution < 1.29 is 30.6 Å². The van der Waals surface area contributed by atoms with Gasteiger partial charge in [-0.3, -0.25) is 4.79 Å². The molecular formula is C16H16ClF3O4S. The minimum atomic E-state index is -5.86. The van der Waals surface area contributed by atoms with E-state index in [0.29, 0.717) is 18.4 Å². The molecule has 25 heavy (non-hydrogen) atoms. The predicted octanol–water partition coefficient (Wildman–Crippen LogP) is 4.60. The Balaban J connectivity index is 2.15. The van der Waals surface area contributed by atoms with Crippen LogP contribution in [-0.2, 0) is 15.5 Å². The van der Waals surface area contributed by atoms with Crippen LogP contribution in [0.3, 0.4) is 0 Å². The number of rotatable bonds is 2. The smallest absolute Gasteiger partial charge is 0.374 e. The van der Waals surface area contributed by atoms with Crippen molar-refractivity contribution in [2.75, 3.05) is 0 Å². The fourth-order valence-corrected chi connectivity index (χ4v) is 4.36. The van der Waals surface area contributed by atoms with Crippen molar-refractivity contribution in [3.05, 3.63) is 28.3 Å². The van der Waals surface area contributed by atoms with Crippen molar-refractivity contribution >= 4 is 27.5 Å². The Labute approximate surface area is 148 Å². The Kier molecular flexibility index (Phi) is 3.97. The number of alkyl halides is 3. The Hall–Kier alpha value is -1.28. The van der Waals surface area contributed by atoms with Crippen LogP contribution in [0.25, 0.3) is 0 Å². The van der Waals surface area contributed by atoms with Gasteiger partial charge in [-0.2, -0.15) is 21.6 Å². The molecule has 3 aliphatic carbocycles. The zero-order valence-electron chi connectivity index (χ0n) is 13.5. The molecule has 2 bridgehead atoms. The molecule has 1 aromatic rings. The summed E-state index contributed by atoms with van der Waals surface area (Å²) in [7, 11) is -5.86. The summed E-state index contributed by atoms with van der Waals surface area (Å²) in [5.41, 5.74) is -5.69. The number of hydrogen-bond acceptors (Lipinski definition) is 4. The van der Waals surface area contributed by atoms with Crippen LogP contribution < -0.4 is 4.18 Å². The number of carbonyl (C=O) groups excluding carboxylic acids is 1. The summed E-state index contributed by atoms with van der Waals surface area (Å²) in [5.74, 6) is -0.894. The van der Waals surface area contributed by atoms with Gasteiger partial charge in [0.15, 0.2) is 11.5 Å². The normalized spacial score (nSPS) is 29.3. The number of ketones is 1. The molecule has 0 N–H and O–H groups in total. The maximum atomic E-state index is 12.9. The third kappa shape index (κ3) is 2.83. The van der Waals surface area contributed by atoms with E-state index in [4.69, 9.17) is 11.6 Å². The highest BCUT2D eigenvalue weighted by Crippen LogP contribution is 2.54. The fraction of sp³-hybridized carbons (Fsp3) is 0.562. The van der Waals surface area contributed by atoms with Crippen LogP contribution in [0.4, 0.5) is 13.2 Å². The second-order valence-electron chi connectivity index (χ2n) is 7.26. The predicted molar refractivity (Wildman–Crippen MR) is 85.3 cm³/mol. The van der Waals surface area contributed by atoms with Crippen molar-refractivity contribution in [1.82, 2.24) is 0 Å². The molecule has 1 saturated carbocycles. The molecule has 0 heterocycles. The number of hydrogen-bond donors (Lipinski definition) is 0. The number of Topliss-reactive ketones (excluding diaryl/α,β-unsaturated/α-hetero) is 1. The van der Waals surface area contributed by atoms with Gasteiger partial charge in [-0.1, -0.05) is 25.4 Å². The van der Waals surface area contributed by atoms with E-state index in [0.717, 1.165) is 18.9 Å². The van der Waals surface area contributed by atoms with Crippen molar-refractivity contribution in [3.8, 4) is 5.75 Å². The topological polar surface area (TPSA) is 60.4 Å². The Morgan fingerprint density at radius 1 is 1.08 bits per heavy atom. The highest BCUT2D eigenvalue weighted by molar-refractivity contribution is 7.88. The first kappa shape index (κ1) is 18.5. The van der Waals surface area contributed by atoms with E-state index in [-0.39, 0.29) is 21.8 Å². The SMILES string of the molecule is CC12CCC(C)(CC1)c1cc(Cl)c(OS(=O)(=O)C(F)(F)F)cc1C2=O. The maximum Gasteiger partial charge on any atom is 0.534 e. The quantitative estimate of drug-likeness (QED) is 0.541. The van der Waals surface area contributed by atoms with Crippen molar-refractivity contribution in [2.24, 2.45) is 5.41 Å². The summed E-state index contributed by atoms with van der Waals surface area (Å²) in [6.45, 7) is 3.80. The highest BCUT2D eigenvalue weighted by atomic mass is 35.5. The average molecular weight is 397 g/mol. The number of carbonyl (C=O) groups is 1. The first-order valence-electron chi connectivity index (χ1n) is 7.69. The molecule has 1 aromatic carbocycles. The fourth-order valence-electron chi connectivity index (χ4n) is 3.64. The van der Waals surface area contributed by atoms with Crippen molar-refractivity contribution in [2.45, 2.75) is 50.5 Å². The molecular weight excluding hydrogens is 381 g/mol. The van der Waals surface area contributed by atoms with Crippen molar-refractivity contribution in [1.29, 1.82) is 0 Å². The van der Waals surface area contributed by atoms with E-state index in [2.05, 4.69) is 4.18 Å². The average Bonchev–Trinajstić information content (AvgIpc) is 2.61. The summed E-state index contributed by atoms with van der Waals surface area (Å²) in [6, 6.07) is 2.41. The molecule has 0 aliphatic heterocycles. The second-order valence-corrected chi connectivity index (χ2v) is 9.21. The lowest BCUT2D eigenvalue weighted by Crippen LogP contribution is -2.33. The lowest BCUT2D eigenvalue weighted by molar-refractivity contribution is -0.0500. The molecule has 3 aliphatic rings. The largest absolute Gasteiger partial charge is 0.534 e. The van der Waals surface area contributed by atoms with Crippen LogP contribution in [0, 0.1) is 5.41 Å². The molecule has 0 aromatic heterocycles. The van der Waals surface area contributed by atoms with Crippen LogP contribution in [0.15, 0.2) is 12.1 Å². The van der Waals surface area contributed by atoms with Gasteiger partial charge in [0.25, 0.3) is 0 Å². The molecule has 9 heteroatoms. The molecule has 1 fully saturated rings. The summed E-state index contributed by atoms with van der Waals surface area (Å²) >= 11 is 5.98. The molecule has 0 spiro atoms. The Morgan fingerprint density at radius 3 is 2.12 bits per heavy atom. The van der Waals surface area contributed by atoms with Gasteiger partial charge in [0, 0.05) is 11.0 Å². The summed E-state index contributed by atoms with van der Waals surface area (Å²) in [4.78, 5) is 12.9. The highest BCUT2D eigenvalue weighted by Gasteiger charge is 2.51. The summed E-state index contributed by atoms with van der Waals surface area (Å²) in [6.07, 6.45) is 2.82. The molecule has 0 unspecified atom stereocenters. The summed E-state index contributed by atoms with van der Waals surface area (Å²) in [5, 5.41) is -0.267. The lowest BCUT2D eigenvalue weighted by atomic mass is 9.65. The third-order valence-corrected chi connectivity index (χ3v) is 6.72. The minimum absolute atomic E-state index is 0.191. The maximum absolute atomic E-state index is 12.9. The van der Waals surface area contributed by atoms with Gasteiger partial charge in [-0.05, 0) is 48.8 Å². The van der Waals surface area contributed by atoms with E-state index >= 15 is 0 Å². The lowest BCUT2D eigenvalue weighted by Gasteiger charge is -2.38. The first-order valence-corrected chi connectivity index (χ1v) is 9.47. The van der Waals surface area contributed by atoms with Crippen LogP contribution in [0.1, 0.15) is 55.5 Å². The van der Waals surface area contributed by atoms with Gasteiger partial charge < -0.3 is 4.18 Å². The third-order valence-electron chi connectivity index (χ3n) is 5.46. The van der Waals surface area contributed by atoms with Crippen LogP contribution in [0.5, 0.6) is 5.75 Å². The van der Waals surface area contributed by atoms with Gasteiger partial charge in [0.1, 0.15) is 0 Å². The Morgan fingerprint density at radius 2 is 1.60 bits per heavy atom. The molecule has 0 radical (unpaired) electrons. The van der Waals surface area contributed by atoms with Gasteiger partial charge in [-0.25, -0.2) is 0 Å². The van der Waals surface area contributed by atoms with E-state index < -0.39 is 26.8 Å². The standard InChI is InChI=1S/C16H16ClF3O4S/c1-14-3-5-15(2,6-4-14)13(21)9-7-12(11(17)8-10(9)14)24-25(22,23)16(18,19)20/h7-8H,3-6H2,1-2H3. The zero-order valence-corrected chi connectivity index (χ0v) is 15.1. The van der Waals surface area contributed by atoms with Crippen LogP contribution in [-0.4, -0.2) is 19.7 Å². The molecule has 0 saturated heterocycles. The zero-order chi connectivity index (χ0) is 18.8. The van der Waals surface area contributed by atoms with Crippen molar-refractivity contribution in [3.63, 3.8) is 0 Å². The molecule has 4 rings (SSSR count). The molecule has 0 amide bonds. The molecule has 138 valence electrons. The van der Waals surface area contributed by atoms with Crippen LogP contribution >= 0.6 is 11.6 Å². The van der Waals surface area contributed by atoms with Crippen LogP contribution in [0.2, 0.25) is 5.02 Å². The summed E-state index contributed by atoms with van der Waals surface area (Å²) < 4.78 is 64.4. The minimum Gasteiger partial charge on any atom is -0.374 e. The van der Waals surface area contributed by atoms with E-state index in [1.54, 1.807) is 0 Å². The monoisotopic (exact) mass is 396 g/mol. The van der Waals surface area contributed by atoms with E-state index in [1.165, 1.54) is 6.07 Å². The number of benzene rings is 1.